The number of likely N-dealkylation sites (N-methyl/N-ethyl adjacent to an activating group) is 1. The lowest BCUT2D eigenvalue weighted by molar-refractivity contribution is 0.0623. The fraction of sp³-hybridized carbons (Fsp3) is 0.476. The van der Waals surface area contributed by atoms with Crippen LogP contribution in [0, 0.1) is 0 Å². The van der Waals surface area contributed by atoms with E-state index in [9.17, 15) is 9.59 Å². The zero-order valence-electron chi connectivity index (χ0n) is 15.9. The zero-order chi connectivity index (χ0) is 19.0. The maximum Gasteiger partial charge on any atom is 0.275 e. The number of rotatable bonds is 2. The van der Waals surface area contributed by atoms with E-state index in [-0.39, 0.29) is 23.6 Å². The summed E-state index contributed by atoms with van der Waals surface area (Å²) in [6, 6.07) is 13.8. The van der Waals surface area contributed by atoms with Crippen LogP contribution in [0.2, 0.25) is 0 Å². The second kappa shape index (κ2) is 7.27. The summed E-state index contributed by atoms with van der Waals surface area (Å²) in [6.07, 6.45) is 4.23. The number of likely N-dealkylation sites (tertiary alicyclic amines) is 2. The number of hydrogen-bond donors (Lipinski definition) is 0. The largest absolute Gasteiger partial charge is 0.326 e. The van der Waals surface area contributed by atoms with Gasteiger partial charge in [-0.25, -0.2) is 4.68 Å². The molecular formula is C21H26N4O2. The van der Waals surface area contributed by atoms with Crippen molar-refractivity contribution in [2.75, 3.05) is 13.6 Å². The van der Waals surface area contributed by atoms with E-state index in [0.717, 1.165) is 31.4 Å². The number of aromatic nitrogens is 2. The van der Waals surface area contributed by atoms with Crippen molar-refractivity contribution in [1.29, 1.82) is 0 Å². The molecule has 3 heterocycles. The van der Waals surface area contributed by atoms with Gasteiger partial charge in [0.15, 0.2) is 0 Å². The minimum absolute atomic E-state index is 0.0354. The van der Waals surface area contributed by atoms with Crippen molar-refractivity contribution >= 4 is 5.91 Å². The predicted molar refractivity (Wildman–Crippen MR) is 104 cm³/mol. The van der Waals surface area contributed by atoms with Crippen LogP contribution < -0.4 is 5.56 Å². The molecule has 0 radical (unpaired) electrons. The van der Waals surface area contributed by atoms with E-state index in [1.807, 2.05) is 23.1 Å². The van der Waals surface area contributed by atoms with Crippen molar-refractivity contribution in [3.8, 4) is 0 Å². The maximum absolute atomic E-state index is 13.5. The second-order valence-electron chi connectivity index (χ2n) is 7.67. The van der Waals surface area contributed by atoms with E-state index in [1.54, 1.807) is 13.1 Å². The van der Waals surface area contributed by atoms with Gasteiger partial charge in [-0.15, -0.1) is 0 Å². The summed E-state index contributed by atoms with van der Waals surface area (Å²) in [5.74, 6) is -0.0812. The van der Waals surface area contributed by atoms with Gasteiger partial charge in [0.05, 0.1) is 6.04 Å². The monoisotopic (exact) mass is 366 g/mol. The third-order valence-electron chi connectivity index (χ3n) is 6.03. The van der Waals surface area contributed by atoms with Gasteiger partial charge in [-0.3, -0.25) is 9.59 Å². The average Bonchev–Trinajstić information content (AvgIpc) is 2.97. The standard InChI is InChI=1S/C21H26N4O2/c1-23-13-7-6-10-17-19(23)14-18(15-8-4-3-5-9-15)25(17)21(27)16-11-12-20(26)24(2)22-16/h3-5,8-9,11-12,17-19H,6-7,10,13-14H2,1-2H3/t17-,18-,19+/m0/s1. The highest BCUT2D eigenvalue weighted by molar-refractivity contribution is 5.93. The van der Waals surface area contributed by atoms with E-state index in [0.29, 0.717) is 11.7 Å². The van der Waals surface area contributed by atoms with Gasteiger partial charge in [0.1, 0.15) is 5.69 Å². The molecule has 0 unspecified atom stereocenters. The molecule has 6 nitrogen and oxygen atoms in total. The Kier molecular flexibility index (Phi) is 4.83. The van der Waals surface area contributed by atoms with Crippen LogP contribution >= 0.6 is 0 Å². The average molecular weight is 366 g/mol. The summed E-state index contributed by atoms with van der Waals surface area (Å²) in [5, 5.41) is 4.22. The Morgan fingerprint density at radius 3 is 2.56 bits per heavy atom. The molecule has 3 atom stereocenters. The molecule has 0 aliphatic carbocycles. The Labute approximate surface area is 159 Å². The van der Waals surface area contributed by atoms with Crippen molar-refractivity contribution in [2.24, 2.45) is 7.05 Å². The van der Waals surface area contributed by atoms with Crippen LogP contribution in [0.3, 0.4) is 0 Å². The lowest BCUT2D eigenvalue weighted by atomic mass is 10.0. The first-order chi connectivity index (χ1) is 13.1. The number of carbonyl (C=O) groups excluding carboxylic acids is 1. The number of amides is 1. The molecule has 4 rings (SSSR count). The lowest BCUT2D eigenvalue weighted by Crippen LogP contribution is -2.45. The molecule has 1 amide bonds. The molecule has 1 aromatic carbocycles. The Hall–Kier alpha value is -2.47. The van der Waals surface area contributed by atoms with Gasteiger partial charge in [0.2, 0.25) is 0 Å². The number of aryl methyl sites for hydroxylation is 1. The Balaban J connectivity index is 1.75. The fourth-order valence-electron chi connectivity index (χ4n) is 4.61. The summed E-state index contributed by atoms with van der Waals surface area (Å²) in [5.41, 5.74) is 1.29. The second-order valence-corrected chi connectivity index (χ2v) is 7.67. The molecule has 0 bridgehead atoms. The predicted octanol–water partition coefficient (Wildman–Crippen LogP) is 2.22. The van der Waals surface area contributed by atoms with Gasteiger partial charge in [-0.05, 0) is 44.5 Å². The summed E-state index contributed by atoms with van der Waals surface area (Å²) >= 11 is 0. The van der Waals surface area contributed by atoms with Crippen LogP contribution in [0.5, 0.6) is 0 Å². The maximum atomic E-state index is 13.5. The molecular weight excluding hydrogens is 340 g/mol. The first-order valence-corrected chi connectivity index (χ1v) is 9.68. The van der Waals surface area contributed by atoms with Gasteiger partial charge >= 0.3 is 0 Å². The Bertz CT molecular complexity index is 879. The number of carbonyl (C=O) groups is 1. The molecule has 2 aliphatic heterocycles. The van der Waals surface area contributed by atoms with Crippen molar-refractivity contribution < 1.29 is 4.79 Å². The van der Waals surface area contributed by atoms with Gasteiger partial charge in [0.25, 0.3) is 11.5 Å². The summed E-state index contributed by atoms with van der Waals surface area (Å²) in [4.78, 5) is 29.6. The molecule has 27 heavy (non-hydrogen) atoms. The number of hydrogen-bond acceptors (Lipinski definition) is 4. The van der Waals surface area contributed by atoms with Crippen molar-refractivity contribution in [3.63, 3.8) is 0 Å². The minimum Gasteiger partial charge on any atom is -0.326 e. The molecule has 142 valence electrons. The number of nitrogens with zero attached hydrogens (tertiary/aromatic N) is 4. The zero-order valence-corrected chi connectivity index (χ0v) is 15.9. The van der Waals surface area contributed by atoms with Crippen molar-refractivity contribution in [2.45, 2.75) is 43.8 Å². The van der Waals surface area contributed by atoms with Crippen LogP contribution in [0.25, 0.3) is 0 Å². The molecule has 2 fully saturated rings. The molecule has 0 N–H and O–H groups in total. The third kappa shape index (κ3) is 3.30. The van der Waals surface area contributed by atoms with Gasteiger partial charge < -0.3 is 9.80 Å². The Morgan fingerprint density at radius 1 is 1.04 bits per heavy atom. The summed E-state index contributed by atoms with van der Waals surface area (Å²) < 4.78 is 1.23. The van der Waals surface area contributed by atoms with E-state index in [1.165, 1.54) is 17.2 Å². The smallest absolute Gasteiger partial charge is 0.275 e. The van der Waals surface area contributed by atoms with Gasteiger partial charge in [-0.1, -0.05) is 36.8 Å². The minimum atomic E-state index is -0.209. The van der Waals surface area contributed by atoms with Crippen LogP contribution in [0.1, 0.15) is 47.8 Å². The van der Waals surface area contributed by atoms with Crippen LogP contribution in [0.15, 0.2) is 47.3 Å². The molecule has 2 aromatic rings. The molecule has 1 aromatic heterocycles. The molecule has 0 saturated carbocycles. The molecule has 2 aliphatic rings. The normalized spacial score (nSPS) is 25.9. The first kappa shape index (κ1) is 17.9. The van der Waals surface area contributed by atoms with Crippen LogP contribution in [-0.2, 0) is 7.05 Å². The van der Waals surface area contributed by atoms with E-state index in [4.69, 9.17) is 0 Å². The quantitative estimate of drug-likeness (QED) is 0.818. The van der Waals surface area contributed by atoms with Gasteiger partial charge in [-0.2, -0.15) is 5.10 Å². The van der Waals surface area contributed by atoms with Crippen LogP contribution in [-0.4, -0.2) is 51.2 Å². The van der Waals surface area contributed by atoms with Crippen LogP contribution in [0.4, 0.5) is 0 Å². The van der Waals surface area contributed by atoms with Crippen molar-refractivity contribution in [3.05, 3.63) is 64.1 Å². The number of benzene rings is 1. The molecule has 2 saturated heterocycles. The first-order valence-electron chi connectivity index (χ1n) is 9.68. The van der Waals surface area contributed by atoms with E-state index < -0.39 is 0 Å². The topological polar surface area (TPSA) is 58.4 Å². The highest BCUT2D eigenvalue weighted by atomic mass is 16.2. The van der Waals surface area contributed by atoms with Crippen molar-refractivity contribution in [1.82, 2.24) is 19.6 Å². The third-order valence-corrected chi connectivity index (χ3v) is 6.03. The Morgan fingerprint density at radius 2 is 1.81 bits per heavy atom. The SMILES string of the molecule is CN1CCCC[C@H]2[C@H]1C[C@@H](c1ccccc1)N2C(=O)c1ccc(=O)n(C)n1. The van der Waals surface area contributed by atoms with E-state index in [2.05, 4.69) is 29.2 Å². The summed E-state index contributed by atoms with van der Waals surface area (Å²) in [7, 11) is 3.75. The highest BCUT2D eigenvalue weighted by Crippen LogP contribution is 2.42. The van der Waals surface area contributed by atoms with Gasteiger partial charge in [0, 0.05) is 25.2 Å². The van der Waals surface area contributed by atoms with E-state index >= 15 is 0 Å². The lowest BCUT2D eigenvalue weighted by Gasteiger charge is -2.32. The highest BCUT2D eigenvalue weighted by Gasteiger charge is 2.46. The summed E-state index contributed by atoms with van der Waals surface area (Å²) in [6.45, 7) is 1.07. The molecule has 6 heteroatoms. The fourth-order valence-corrected chi connectivity index (χ4v) is 4.61. The number of fused-ring (bicyclic) bond motifs is 1. The molecule has 0 spiro atoms.